The van der Waals surface area contributed by atoms with E-state index in [9.17, 15) is 9.59 Å². The predicted octanol–water partition coefficient (Wildman–Crippen LogP) is 1.44. The van der Waals surface area contributed by atoms with E-state index in [1.807, 2.05) is 9.80 Å². The molecule has 7 nitrogen and oxygen atoms in total. The molecule has 0 spiro atoms. The summed E-state index contributed by atoms with van der Waals surface area (Å²) < 4.78 is 0. The minimum Gasteiger partial charge on any atom is -0.337 e. The van der Waals surface area contributed by atoms with E-state index in [2.05, 4.69) is 15.5 Å². The van der Waals surface area contributed by atoms with E-state index in [0.717, 1.165) is 30.9 Å². The third kappa shape index (κ3) is 3.59. The quantitative estimate of drug-likeness (QED) is 0.870. The molecule has 130 valence electrons. The van der Waals surface area contributed by atoms with Crippen molar-refractivity contribution >= 4 is 28.3 Å². The molecule has 4 rings (SSSR count). The Morgan fingerprint density at radius 1 is 1.17 bits per heavy atom. The average molecular weight is 349 g/mol. The molecule has 1 aromatic rings. The van der Waals surface area contributed by atoms with E-state index in [-0.39, 0.29) is 18.4 Å². The van der Waals surface area contributed by atoms with Gasteiger partial charge in [0.1, 0.15) is 5.01 Å². The van der Waals surface area contributed by atoms with Crippen molar-refractivity contribution in [2.75, 3.05) is 31.5 Å². The monoisotopic (exact) mass is 349 g/mol. The number of aromatic nitrogens is 2. The van der Waals surface area contributed by atoms with Gasteiger partial charge in [-0.3, -0.25) is 19.8 Å². The van der Waals surface area contributed by atoms with Crippen molar-refractivity contribution in [3.8, 4) is 0 Å². The molecular formula is C16H23N5O2S. The Labute approximate surface area is 145 Å². The third-order valence-corrected chi connectivity index (χ3v) is 6.08. The van der Waals surface area contributed by atoms with Gasteiger partial charge in [-0.1, -0.05) is 24.2 Å². The van der Waals surface area contributed by atoms with Gasteiger partial charge < -0.3 is 4.90 Å². The number of nitrogens with zero attached hydrogens (tertiary/aromatic N) is 4. The van der Waals surface area contributed by atoms with Crippen LogP contribution in [0.5, 0.6) is 0 Å². The number of amides is 2. The molecule has 1 aromatic heterocycles. The van der Waals surface area contributed by atoms with Gasteiger partial charge in [-0.05, 0) is 25.7 Å². The lowest BCUT2D eigenvalue weighted by molar-refractivity contribution is -0.139. The molecule has 2 amide bonds. The number of hydrogen-bond acceptors (Lipinski definition) is 6. The average Bonchev–Trinajstić information content (AvgIpc) is 3.06. The predicted molar refractivity (Wildman–Crippen MR) is 90.9 cm³/mol. The first-order valence-electron chi connectivity index (χ1n) is 8.84. The fourth-order valence-electron chi connectivity index (χ4n) is 3.61. The fraction of sp³-hybridized carbons (Fsp3) is 0.750. The van der Waals surface area contributed by atoms with Crippen LogP contribution in [0.3, 0.4) is 0 Å². The number of hydrogen-bond donors (Lipinski definition) is 1. The molecule has 2 aliphatic carbocycles. The summed E-state index contributed by atoms with van der Waals surface area (Å²) in [5.41, 5.74) is 0. The molecule has 24 heavy (non-hydrogen) atoms. The zero-order chi connectivity index (χ0) is 16.5. The minimum atomic E-state index is -0.115. The fourth-order valence-corrected chi connectivity index (χ4v) is 4.54. The molecule has 0 unspecified atom stereocenters. The van der Waals surface area contributed by atoms with E-state index >= 15 is 0 Å². The first-order valence-corrected chi connectivity index (χ1v) is 9.66. The molecule has 2 saturated carbocycles. The highest BCUT2D eigenvalue weighted by molar-refractivity contribution is 7.15. The zero-order valence-corrected chi connectivity index (χ0v) is 14.6. The summed E-state index contributed by atoms with van der Waals surface area (Å²) in [5.74, 6) is 0.595. The normalized spacial score (nSPS) is 23.0. The summed E-state index contributed by atoms with van der Waals surface area (Å²) in [6, 6.07) is 0.427. The maximum absolute atomic E-state index is 12.3. The van der Waals surface area contributed by atoms with Crippen LogP contribution in [0.25, 0.3) is 0 Å². The molecule has 8 heteroatoms. The van der Waals surface area contributed by atoms with Gasteiger partial charge in [0.15, 0.2) is 0 Å². The number of piperazine rings is 1. The lowest BCUT2D eigenvalue weighted by Gasteiger charge is -2.37. The van der Waals surface area contributed by atoms with E-state index in [1.54, 1.807) is 0 Å². The first-order chi connectivity index (χ1) is 11.7. The summed E-state index contributed by atoms with van der Waals surface area (Å²) in [7, 11) is 0. The molecule has 0 radical (unpaired) electrons. The van der Waals surface area contributed by atoms with E-state index in [0.29, 0.717) is 23.6 Å². The third-order valence-electron chi connectivity index (χ3n) is 5.08. The topological polar surface area (TPSA) is 78.4 Å². The summed E-state index contributed by atoms with van der Waals surface area (Å²) in [6.07, 6.45) is 7.07. The van der Waals surface area contributed by atoms with Gasteiger partial charge >= 0.3 is 0 Å². The van der Waals surface area contributed by atoms with Gasteiger partial charge in [0.2, 0.25) is 16.9 Å². The Hall–Kier alpha value is -1.54. The first kappa shape index (κ1) is 16.0. The number of anilines is 1. The van der Waals surface area contributed by atoms with Gasteiger partial charge in [-0.15, -0.1) is 10.2 Å². The van der Waals surface area contributed by atoms with Crippen LogP contribution in [0.15, 0.2) is 0 Å². The van der Waals surface area contributed by atoms with Crippen LogP contribution >= 0.6 is 11.3 Å². The second-order valence-corrected chi connectivity index (χ2v) is 8.01. The van der Waals surface area contributed by atoms with Crippen molar-refractivity contribution < 1.29 is 9.59 Å². The van der Waals surface area contributed by atoms with Gasteiger partial charge in [-0.25, -0.2) is 0 Å². The Balaban J connectivity index is 1.26. The van der Waals surface area contributed by atoms with Crippen LogP contribution in [-0.2, 0) is 9.59 Å². The Morgan fingerprint density at radius 3 is 2.67 bits per heavy atom. The van der Waals surface area contributed by atoms with Crippen molar-refractivity contribution in [3.63, 3.8) is 0 Å². The zero-order valence-electron chi connectivity index (χ0n) is 13.7. The maximum atomic E-state index is 12.3. The molecular weight excluding hydrogens is 326 g/mol. The van der Waals surface area contributed by atoms with Crippen molar-refractivity contribution in [2.24, 2.45) is 0 Å². The van der Waals surface area contributed by atoms with Crippen LogP contribution in [0.1, 0.15) is 49.5 Å². The molecule has 2 heterocycles. The van der Waals surface area contributed by atoms with Crippen molar-refractivity contribution in [3.05, 3.63) is 5.01 Å². The lowest BCUT2D eigenvalue weighted by atomic mass is 10.1. The van der Waals surface area contributed by atoms with Gasteiger partial charge in [0.25, 0.3) is 0 Å². The molecule has 1 N–H and O–H groups in total. The largest absolute Gasteiger partial charge is 0.337 e. The van der Waals surface area contributed by atoms with Crippen LogP contribution in [0.2, 0.25) is 0 Å². The Kier molecular flexibility index (Phi) is 4.49. The summed E-state index contributed by atoms with van der Waals surface area (Å²) in [6.45, 7) is 2.08. The van der Waals surface area contributed by atoms with Crippen LogP contribution in [0, 0.1) is 0 Å². The summed E-state index contributed by atoms with van der Waals surface area (Å²) >= 11 is 1.46. The summed E-state index contributed by atoms with van der Waals surface area (Å²) in [4.78, 5) is 28.5. The molecule has 1 saturated heterocycles. The maximum Gasteiger partial charge on any atom is 0.240 e. The molecule has 3 fully saturated rings. The van der Waals surface area contributed by atoms with Crippen LogP contribution in [0.4, 0.5) is 5.13 Å². The van der Waals surface area contributed by atoms with E-state index in [1.165, 1.54) is 37.0 Å². The second-order valence-electron chi connectivity index (χ2n) is 7.00. The van der Waals surface area contributed by atoms with E-state index < -0.39 is 0 Å². The molecule has 0 aromatic carbocycles. The Morgan fingerprint density at radius 2 is 1.96 bits per heavy atom. The standard InChI is InChI=1S/C16H23N5O2S/c22-13(17-16-19-18-15(24-16)11-5-6-11)9-20-7-8-21(14(23)10-20)12-3-1-2-4-12/h11-12H,1-10H2,(H,17,19,22). The molecule has 0 atom stereocenters. The van der Waals surface area contributed by atoms with Crippen LogP contribution in [-0.4, -0.2) is 64.0 Å². The number of rotatable bonds is 5. The number of carbonyl (C=O) groups excluding carboxylic acids is 2. The molecule has 1 aliphatic heterocycles. The van der Waals surface area contributed by atoms with Gasteiger partial charge in [0, 0.05) is 25.0 Å². The second kappa shape index (κ2) is 6.76. The molecule has 0 bridgehead atoms. The number of nitrogens with one attached hydrogen (secondary N) is 1. The SMILES string of the molecule is O=C(CN1CCN(C2CCCC2)C(=O)C1)Nc1nnc(C2CC2)s1. The van der Waals surface area contributed by atoms with Gasteiger partial charge in [-0.2, -0.15) is 0 Å². The summed E-state index contributed by atoms with van der Waals surface area (Å²) in [5, 5.41) is 12.6. The van der Waals surface area contributed by atoms with Gasteiger partial charge in [0.05, 0.1) is 13.1 Å². The molecule has 3 aliphatic rings. The smallest absolute Gasteiger partial charge is 0.240 e. The van der Waals surface area contributed by atoms with Crippen molar-refractivity contribution in [1.29, 1.82) is 0 Å². The highest BCUT2D eigenvalue weighted by Crippen LogP contribution is 2.42. The highest BCUT2D eigenvalue weighted by atomic mass is 32.1. The van der Waals surface area contributed by atoms with Crippen molar-refractivity contribution in [2.45, 2.75) is 50.5 Å². The highest BCUT2D eigenvalue weighted by Gasteiger charge is 2.32. The van der Waals surface area contributed by atoms with Crippen molar-refractivity contribution in [1.82, 2.24) is 20.0 Å². The Bertz CT molecular complexity index is 624. The van der Waals surface area contributed by atoms with E-state index in [4.69, 9.17) is 0 Å². The lowest BCUT2D eigenvalue weighted by Crippen LogP contribution is -2.54. The number of carbonyl (C=O) groups is 2. The van der Waals surface area contributed by atoms with Crippen LogP contribution < -0.4 is 5.32 Å². The minimum absolute atomic E-state index is 0.115.